The Labute approximate surface area is 120 Å². The predicted molar refractivity (Wildman–Crippen MR) is 76.8 cm³/mol. The Bertz CT molecular complexity index is 833. The highest BCUT2D eigenvalue weighted by Crippen LogP contribution is 2.22. The summed E-state index contributed by atoms with van der Waals surface area (Å²) in [4.78, 5) is 24.3. The zero-order valence-electron chi connectivity index (χ0n) is 11.6. The highest BCUT2D eigenvalue weighted by atomic mass is 16.5. The first-order valence-corrected chi connectivity index (χ1v) is 6.34. The van der Waals surface area contributed by atoms with Crippen molar-refractivity contribution in [1.82, 2.24) is 14.3 Å². The zero-order chi connectivity index (χ0) is 15.0. The second kappa shape index (κ2) is 4.90. The molecule has 0 fully saturated rings. The molecule has 0 bridgehead atoms. The molecule has 1 aromatic carbocycles. The van der Waals surface area contributed by atoms with Crippen molar-refractivity contribution in [3.05, 3.63) is 58.6 Å². The van der Waals surface area contributed by atoms with E-state index in [4.69, 9.17) is 4.74 Å². The van der Waals surface area contributed by atoms with Crippen molar-refractivity contribution < 1.29 is 9.53 Å². The number of pyridine rings is 1. The minimum absolute atomic E-state index is 0.266. The second-order valence-corrected chi connectivity index (χ2v) is 4.64. The second-order valence-electron chi connectivity index (χ2n) is 4.64. The van der Waals surface area contributed by atoms with Crippen molar-refractivity contribution in [2.75, 3.05) is 7.11 Å². The normalized spacial score (nSPS) is 10.8. The van der Waals surface area contributed by atoms with Gasteiger partial charge in [0.15, 0.2) is 0 Å². The van der Waals surface area contributed by atoms with Crippen LogP contribution in [0.25, 0.3) is 16.9 Å². The van der Waals surface area contributed by atoms with E-state index < -0.39 is 5.97 Å². The number of fused-ring (bicyclic) bond motifs is 1. The van der Waals surface area contributed by atoms with Crippen LogP contribution in [0.2, 0.25) is 0 Å². The number of rotatable bonds is 2. The van der Waals surface area contributed by atoms with Gasteiger partial charge in [-0.1, -0.05) is 18.2 Å². The van der Waals surface area contributed by atoms with Gasteiger partial charge < -0.3 is 9.30 Å². The maximum atomic E-state index is 12.5. The number of ether oxygens (including phenoxy) is 1. The molecule has 0 spiro atoms. The molecule has 1 aromatic rings. The first-order chi connectivity index (χ1) is 10.1. The van der Waals surface area contributed by atoms with Crippen LogP contribution in [0.1, 0.15) is 10.4 Å². The molecule has 2 aliphatic heterocycles. The Morgan fingerprint density at radius 1 is 1.19 bits per heavy atom. The molecule has 0 N–H and O–H groups in total. The van der Waals surface area contributed by atoms with Crippen molar-refractivity contribution in [3.63, 3.8) is 0 Å². The van der Waals surface area contributed by atoms with Crippen molar-refractivity contribution in [3.8, 4) is 16.9 Å². The Morgan fingerprint density at radius 3 is 2.57 bits per heavy atom. The number of hydrogen-bond donors (Lipinski definition) is 0. The first-order valence-electron chi connectivity index (χ1n) is 6.34. The van der Waals surface area contributed by atoms with Gasteiger partial charge in [-0.05, 0) is 12.1 Å². The van der Waals surface area contributed by atoms with Crippen molar-refractivity contribution in [2.45, 2.75) is 0 Å². The molecule has 6 heteroatoms. The number of benzene rings is 1. The number of carbonyl (C=O) groups excluding carboxylic acids is 1. The molecular weight excluding hydrogens is 270 g/mol. The van der Waals surface area contributed by atoms with Crippen LogP contribution in [0.4, 0.5) is 0 Å². The van der Waals surface area contributed by atoms with Crippen LogP contribution in [0.3, 0.4) is 0 Å². The molecule has 0 aliphatic carbocycles. The number of aryl methyl sites for hydroxylation is 1. The Hall–Kier alpha value is -2.89. The third kappa shape index (κ3) is 2.10. The van der Waals surface area contributed by atoms with Gasteiger partial charge in [0.25, 0.3) is 5.56 Å². The summed E-state index contributed by atoms with van der Waals surface area (Å²) in [7, 11) is 3.04. The summed E-state index contributed by atoms with van der Waals surface area (Å²) >= 11 is 0. The van der Waals surface area contributed by atoms with Gasteiger partial charge >= 0.3 is 5.97 Å². The average molecular weight is 283 g/mol. The predicted octanol–water partition coefficient (Wildman–Crippen LogP) is 1.46. The summed E-state index contributed by atoms with van der Waals surface area (Å²) in [5.41, 5.74) is 1.37. The molecular formula is C15H13N3O3. The highest BCUT2D eigenvalue weighted by Gasteiger charge is 2.24. The number of hydrogen-bond acceptors (Lipinski definition) is 4. The number of aromatic nitrogens is 3. The van der Waals surface area contributed by atoms with Crippen molar-refractivity contribution >= 4 is 5.97 Å². The lowest BCUT2D eigenvalue weighted by molar-refractivity contribution is 0.0600. The van der Waals surface area contributed by atoms with Crippen molar-refractivity contribution in [1.29, 1.82) is 0 Å². The SMILES string of the molecule is COC(=O)c1cn(C)cc2c(=O)n(-c3ccccc3)nc1-2. The zero-order valence-corrected chi connectivity index (χ0v) is 11.6. The molecule has 6 nitrogen and oxygen atoms in total. The molecule has 0 saturated heterocycles. The van der Waals surface area contributed by atoms with Gasteiger partial charge in [-0.25, -0.2) is 4.79 Å². The third-order valence-corrected chi connectivity index (χ3v) is 3.20. The molecule has 0 unspecified atom stereocenters. The van der Waals surface area contributed by atoms with Gasteiger partial charge in [-0.3, -0.25) is 4.79 Å². The largest absolute Gasteiger partial charge is 0.465 e. The van der Waals surface area contributed by atoms with Crippen LogP contribution in [0.5, 0.6) is 0 Å². The lowest BCUT2D eigenvalue weighted by Gasteiger charge is -2.06. The maximum Gasteiger partial charge on any atom is 0.341 e. The van der Waals surface area contributed by atoms with Crippen LogP contribution < -0.4 is 5.56 Å². The van der Waals surface area contributed by atoms with E-state index in [0.29, 0.717) is 16.9 Å². The fourth-order valence-corrected chi connectivity index (χ4v) is 2.24. The standard InChI is InChI=1S/C15H13N3O3/c1-17-8-11-13(12(9-17)15(20)21-2)16-18(14(11)19)10-6-4-3-5-7-10/h3-9H,1-2H3. The molecule has 3 rings (SSSR count). The summed E-state index contributed by atoms with van der Waals surface area (Å²) < 4.78 is 7.69. The van der Waals surface area contributed by atoms with E-state index >= 15 is 0 Å². The van der Waals surface area contributed by atoms with E-state index in [9.17, 15) is 9.59 Å². The summed E-state index contributed by atoms with van der Waals surface area (Å²) in [5.74, 6) is -0.520. The van der Waals surface area contributed by atoms with Gasteiger partial charge in [0.1, 0.15) is 11.3 Å². The minimum Gasteiger partial charge on any atom is -0.465 e. The quantitative estimate of drug-likeness (QED) is 0.668. The molecule has 2 aliphatic rings. The lowest BCUT2D eigenvalue weighted by Crippen LogP contribution is -2.15. The topological polar surface area (TPSA) is 66.1 Å². The Kier molecular flexibility index (Phi) is 3.06. The molecule has 106 valence electrons. The molecule has 0 saturated carbocycles. The Balaban J connectivity index is 2.31. The van der Waals surface area contributed by atoms with E-state index in [1.807, 2.05) is 18.2 Å². The van der Waals surface area contributed by atoms with Crippen LogP contribution in [0.15, 0.2) is 47.5 Å². The smallest absolute Gasteiger partial charge is 0.341 e. The van der Waals surface area contributed by atoms with Crippen LogP contribution in [-0.4, -0.2) is 27.4 Å². The highest BCUT2D eigenvalue weighted by molar-refractivity contribution is 5.96. The fourth-order valence-electron chi connectivity index (χ4n) is 2.24. The molecule has 0 radical (unpaired) electrons. The number of para-hydroxylation sites is 1. The van der Waals surface area contributed by atoms with Gasteiger partial charge in [0.2, 0.25) is 0 Å². The number of nitrogens with zero attached hydrogens (tertiary/aromatic N) is 3. The van der Waals surface area contributed by atoms with E-state index in [2.05, 4.69) is 5.10 Å². The summed E-state index contributed by atoms with van der Waals surface area (Å²) in [5, 5.41) is 4.28. The number of methoxy groups -OCH3 is 1. The summed E-state index contributed by atoms with van der Waals surface area (Å²) in [6.45, 7) is 0. The Morgan fingerprint density at radius 2 is 1.90 bits per heavy atom. The van der Waals surface area contributed by atoms with Gasteiger partial charge in [0, 0.05) is 19.4 Å². The van der Waals surface area contributed by atoms with Crippen LogP contribution >= 0.6 is 0 Å². The summed E-state index contributed by atoms with van der Waals surface area (Å²) in [6.07, 6.45) is 3.24. The van der Waals surface area contributed by atoms with E-state index in [1.54, 1.807) is 36.1 Å². The first kappa shape index (κ1) is 13.1. The van der Waals surface area contributed by atoms with E-state index in [1.165, 1.54) is 11.8 Å². The number of esters is 1. The van der Waals surface area contributed by atoms with Crippen molar-refractivity contribution in [2.24, 2.45) is 7.05 Å². The minimum atomic E-state index is -0.520. The number of carbonyl (C=O) groups is 1. The lowest BCUT2D eigenvalue weighted by atomic mass is 10.1. The van der Waals surface area contributed by atoms with E-state index in [0.717, 1.165) is 0 Å². The van der Waals surface area contributed by atoms with Gasteiger partial charge in [0.05, 0.1) is 18.4 Å². The monoisotopic (exact) mass is 283 g/mol. The fraction of sp³-hybridized carbons (Fsp3) is 0.133. The van der Waals surface area contributed by atoms with Gasteiger partial charge in [-0.15, -0.1) is 0 Å². The molecule has 21 heavy (non-hydrogen) atoms. The van der Waals surface area contributed by atoms with Crippen LogP contribution in [-0.2, 0) is 11.8 Å². The average Bonchev–Trinajstić information content (AvgIpc) is 2.84. The molecule has 0 aromatic heterocycles. The maximum absolute atomic E-state index is 12.5. The molecule has 0 atom stereocenters. The van der Waals surface area contributed by atoms with E-state index in [-0.39, 0.29) is 11.1 Å². The summed E-state index contributed by atoms with van der Waals surface area (Å²) in [6, 6.07) is 9.07. The van der Waals surface area contributed by atoms with Gasteiger partial charge in [-0.2, -0.15) is 9.78 Å². The molecule has 2 heterocycles. The van der Waals surface area contributed by atoms with Crippen LogP contribution in [0, 0.1) is 0 Å². The molecule has 0 amide bonds. The third-order valence-electron chi connectivity index (χ3n) is 3.20.